The summed E-state index contributed by atoms with van der Waals surface area (Å²) in [6.07, 6.45) is 0.748. The molecule has 0 radical (unpaired) electrons. The van der Waals surface area contributed by atoms with Gasteiger partial charge in [0.1, 0.15) is 5.82 Å². The van der Waals surface area contributed by atoms with Crippen LogP contribution in [-0.4, -0.2) is 11.7 Å². The molecule has 0 unspecified atom stereocenters. The normalized spacial score (nSPS) is 10.4. The van der Waals surface area contributed by atoms with Crippen LogP contribution in [0.2, 0.25) is 0 Å². The minimum Gasteiger partial charge on any atom is -0.325 e. The second-order valence-electron chi connectivity index (χ2n) is 5.59. The molecular formula is C21H18FNOS. The Morgan fingerprint density at radius 2 is 1.56 bits per heavy atom. The van der Waals surface area contributed by atoms with E-state index < -0.39 is 0 Å². The molecule has 0 aliphatic heterocycles. The summed E-state index contributed by atoms with van der Waals surface area (Å²) in [4.78, 5) is 12.7. The molecule has 0 aliphatic rings. The fourth-order valence-corrected chi connectivity index (χ4v) is 3.24. The Bertz CT molecular complexity index is 851. The first-order valence-electron chi connectivity index (χ1n) is 8.01. The molecule has 0 bridgehead atoms. The number of amides is 1. The summed E-state index contributed by atoms with van der Waals surface area (Å²) in [5.74, 6) is -0.279. The fourth-order valence-electron chi connectivity index (χ4n) is 2.50. The van der Waals surface area contributed by atoms with Crippen LogP contribution in [-0.2, 0) is 11.2 Å². The Morgan fingerprint density at radius 1 is 0.880 bits per heavy atom. The Kier molecular flexibility index (Phi) is 5.86. The van der Waals surface area contributed by atoms with E-state index in [0.717, 1.165) is 17.7 Å². The van der Waals surface area contributed by atoms with Crippen LogP contribution in [0, 0.1) is 5.82 Å². The number of rotatable bonds is 6. The van der Waals surface area contributed by atoms with Crippen LogP contribution in [0.25, 0.3) is 0 Å². The van der Waals surface area contributed by atoms with Gasteiger partial charge in [0.2, 0.25) is 5.91 Å². The number of halogens is 1. The minimum atomic E-state index is -0.301. The lowest BCUT2D eigenvalue weighted by Gasteiger charge is -2.11. The SMILES string of the molecule is O=C(CSc1ccccc1F)Nc1ccccc1Cc1ccccc1. The van der Waals surface area contributed by atoms with E-state index in [1.54, 1.807) is 18.2 Å². The number of carbonyl (C=O) groups is 1. The second-order valence-corrected chi connectivity index (χ2v) is 6.60. The fraction of sp³-hybridized carbons (Fsp3) is 0.0952. The van der Waals surface area contributed by atoms with Crippen LogP contribution in [0.3, 0.4) is 0 Å². The molecule has 0 heterocycles. The minimum absolute atomic E-state index is 0.145. The molecular weight excluding hydrogens is 333 g/mol. The summed E-state index contributed by atoms with van der Waals surface area (Å²) in [6, 6.07) is 24.3. The quantitative estimate of drug-likeness (QED) is 0.623. The molecule has 0 saturated carbocycles. The van der Waals surface area contributed by atoms with Gasteiger partial charge in [-0.2, -0.15) is 0 Å². The molecule has 3 aromatic rings. The topological polar surface area (TPSA) is 29.1 Å². The molecule has 0 saturated heterocycles. The largest absolute Gasteiger partial charge is 0.325 e. The van der Waals surface area contributed by atoms with Gasteiger partial charge in [-0.15, -0.1) is 11.8 Å². The van der Waals surface area contributed by atoms with Crippen molar-refractivity contribution in [3.8, 4) is 0 Å². The van der Waals surface area contributed by atoms with Gasteiger partial charge in [-0.25, -0.2) is 4.39 Å². The van der Waals surface area contributed by atoms with Gasteiger partial charge in [0.15, 0.2) is 0 Å². The van der Waals surface area contributed by atoms with Gasteiger partial charge in [0.05, 0.1) is 5.75 Å². The lowest BCUT2D eigenvalue weighted by Crippen LogP contribution is -2.15. The molecule has 126 valence electrons. The van der Waals surface area contributed by atoms with Gasteiger partial charge < -0.3 is 5.32 Å². The first-order chi connectivity index (χ1) is 12.2. The third kappa shape index (κ3) is 4.94. The van der Waals surface area contributed by atoms with Crippen molar-refractivity contribution >= 4 is 23.4 Å². The van der Waals surface area contributed by atoms with Crippen molar-refractivity contribution < 1.29 is 9.18 Å². The highest BCUT2D eigenvalue weighted by molar-refractivity contribution is 8.00. The zero-order valence-electron chi connectivity index (χ0n) is 13.6. The van der Waals surface area contributed by atoms with Gasteiger partial charge in [0.25, 0.3) is 0 Å². The Balaban J connectivity index is 1.64. The average Bonchev–Trinajstić information content (AvgIpc) is 2.64. The van der Waals surface area contributed by atoms with Crippen LogP contribution < -0.4 is 5.32 Å². The molecule has 0 aliphatic carbocycles. The highest BCUT2D eigenvalue weighted by atomic mass is 32.2. The lowest BCUT2D eigenvalue weighted by molar-refractivity contribution is -0.113. The summed E-state index contributed by atoms with van der Waals surface area (Å²) < 4.78 is 13.6. The van der Waals surface area contributed by atoms with Gasteiger partial charge in [-0.05, 0) is 35.7 Å². The zero-order chi connectivity index (χ0) is 17.5. The van der Waals surface area contributed by atoms with Crippen molar-refractivity contribution in [3.05, 3.63) is 95.8 Å². The number of thioether (sulfide) groups is 1. The zero-order valence-corrected chi connectivity index (χ0v) is 14.4. The maximum atomic E-state index is 13.6. The molecule has 0 aromatic heterocycles. The first kappa shape index (κ1) is 17.2. The van der Waals surface area contributed by atoms with E-state index in [1.165, 1.54) is 23.4 Å². The van der Waals surface area contributed by atoms with E-state index in [9.17, 15) is 9.18 Å². The molecule has 0 atom stereocenters. The predicted octanol–water partition coefficient (Wildman–Crippen LogP) is 5.15. The van der Waals surface area contributed by atoms with Gasteiger partial charge in [-0.1, -0.05) is 60.7 Å². The number of carbonyl (C=O) groups excluding carboxylic acids is 1. The molecule has 4 heteroatoms. The third-order valence-corrected chi connectivity index (χ3v) is 4.77. The lowest BCUT2D eigenvalue weighted by atomic mass is 10.0. The molecule has 1 amide bonds. The maximum Gasteiger partial charge on any atom is 0.234 e. The number of benzene rings is 3. The van der Waals surface area contributed by atoms with Crippen LogP contribution in [0.15, 0.2) is 83.8 Å². The van der Waals surface area contributed by atoms with Crippen molar-refractivity contribution in [1.82, 2.24) is 0 Å². The Morgan fingerprint density at radius 3 is 2.36 bits per heavy atom. The molecule has 3 aromatic carbocycles. The first-order valence-corrected chi connectivity index (χ1v) is 9.00. The van der Waals surface area contributed by atoms with E-state index in [0.29, 0.717) is 4.90 Å². The Hall–Kier alpha value is -2.59. The van der Waals surface area contributed by atoms with Crippen molar-refractivity contribution in [3.63, 3.8) is 0 Å². The predicted molar refractivity (Wildman–Crippen MR) is 101 cm³/mol. The molecule has 1 N–H and O–H groups in total. The standard InChI is InChI=1S/C21H18FNOS/c22-18-11-5-7-13-20(18)25-15-21(24)23-19-12-6-4-10-17(19)14-16-8-2-1-3-9-16/h1-13H,14-15H2,(H,23,24). The number of para-hydroxylation sites is 1. The van der Waals surface area contributed by atoms with Crippen LogP contribution in [0.4, 0.5) is 10.1 Å². The van der Waals surface area contributed by atoms with Crippen molar-refractivity contribution in [2.45, 2.75) is 11.3 Å². The highest BCUT2D eigenvalue weighted by Crippen LogP contribution is 2.23. The molecule has 0 spiro atoms. The summed E-state index contributed by atoms with van der Waals surface area (Å²) >= 11 is 1.20. The van der Waals surface area contributed by atoms with Crippen molar-refractivity contribution in [1.29, 1.82) is 0 Å². The number of nitrogens with one attached hydrogen (secondary N) is 1. The van der Waals surface area contributed by atoms with Gasteiger partial charge in [-0.3, -0.25) is 4.79 Å². The van der Waals surface area contributed by atoms with E-state index in [1.807, 2.05) is 42.5 Å². The number of hydrogen-bond donors (Lipinski definition) is 1. The monoisotopic (exact) mass is 351 g/mol. The smallest absolute Gasteiger partial charge is 0.234 e. The summed E-state index contributed by atoms with van der Waals surface area (Å²) in [5, 5.41) is 2.94. The van der Waals surface area contributed by atoms with Gasteiger partial charge in [0, 0.05) is 10.6 Å². The van der Waals surface area contributed by atoms with E-state index in [4.69, 9.17) is 0 Å². The maximum absolute atomic E-state index is 13.6. The van der Waals surface area contributed by atoms with Crippen molar-refractivity contribution in [2.75, 3.05) is 11.1 Å². The van der Waals surface area contributed by atoms with Crippen LogP contribution in [0.5, 0.6) is 0 Å². The second kappa shape index (κ2) is 8.49. The molecule has 3 rings (SSSR count). The number of anilines is 1. The summed E-state index contributed by atoms with van der Waals surface area (Å²) in [7, 11) is 0. The number of hydrogen-bond acceptors (Lipinski definition) is 2. The van der Waals surface area contributed by atoms with Crippen LogP contribution in [0.1, 0.15) is 11.1 Å². The molecule has 25 heavy (non-hydrogen) atoms. The van der Waals surface area contributed by atoms with Crippen LogP contribution >= 0.6 is 11.8 Å². The summed E-state index contributed by atoms with van der Waals surface area (Å²) in [6.45, 7) is 0. The van der Waals surface area contributed by atoms with E-state index in [2.05, 4.69) is 17.4 Å². The third-order valence-electron chi connectivity index (χ3n) is 3.72. The van der Waals surface area contributed by atoms with E-state index >= 15 is 0 Å². The summed E-state index contributed by atoms with van der Waals surface area (Å²) in [5.41, 5.74) is 3.04. The van der Waals surface area contributed by atoms with E-state index in [-0.39, 0.29) is 17.5 Å². The highest BCUT2D eigenvalue weighted by Gasteiger charge is 2.09. The average molecular weight is 351 g/mol. The van der Waals surface area contributed by atoms with Gasteiger partial charge >= 0.3 is 0 Å². The molecule has 2 nitrogen and oxygen atoms in total. The van der Waals surface area contributed by atoms with Crippen molar-refractivity contribution in [2.24, 2.45) is 0 Å². The Labute approximate surface area is 151 Å². The molecule has 0 fully saturated rings.